The summed E-state index contributed by atoms with van der Waals surface area (Å²) >= 11 is 0. The average molecular weight is 382 g/mol. The summed E-state index contributed by atoms with van der Waals surface area (Å²) in [5.41, 5.74) is 9.25. The molecule has 3 N–H and O–H groups in total. The third kappa shape index (κ3) is 5.03. The molecule has 1 aliphatic rings. The van der Waals surface area contributed by atoms with Crippen molar-refractivity contribution in [1.82, 2.24) is 5.32 Å². The lowest BCUT2D eigenvalue weighted by atomic mass is 10.1. The number of rotatable bonds is 4. The number of hydrogen-bond donors (Lipinski definition) is 2. The number of carbonyl (C=O) groups is 1. The first kappa shape index (κ1) is 21.1. The van der Waals surface area contributed by atoms with Gasteiger partial charge in [0.25, 0.3) is 5.91 Å². The Morgan fingerprint density at radius 3 is 2.44 bits per heavy atom. The van der Waals surface area contributed by atoms with Crippen molar-refractivity contribution in [3.8, 4) is 0 Å². The lowest BCUT2D eigenvalue weighted by Crippen LogP contribution is -2.27. The Morgan fingerprint density at radius 2 is 1.76 bits per heavy atom. The maximum absolute atomic E-state index is 12.4. The van der Waals surface area contributed by atoms with E-state index in [1.165, 1.54) is 18.5 Å². The first-order valence-electron chi connectivity index (χ1n) is 8.15. The molecule has 6 heteroatoms. The minimum absolute atomic E-state index is 0. The van der Waals surface area contributed by atoms with E-state index >= 15 is 0 Å². The summed E-state index contributed by atoms with van der Waals surface area (Å²) in [7, 11) is 0. The van der Waals surface area contributed by atoms with Gasteiger partial charge >= 0.3 is 0 Å². The molecule has 1 saturated heterocycles. The Labute approximate surface area is 161 Å². The molecule has 2 aromatic carbocycles. The van der Waals surface area contributed by atoms with Crippen LogP contribution in [0.15, 0.2) is 48.5 Å². The molecule has 1 amide bonds. The lowest BCUT2D eigenvalue weighted by molar-refractivity contribution is 0.0941. The van der Waals surface area contributed by atoms with Crippen molar-refractivity contribution in [2.24, 2.45) is 0 Å². The van der Waals surface area contributed by atoms with E-state index in [1.54, 1.807) is 12.1 Å². The van der Waals surface area contributed by atoms with Crippen LogP contribution in [0.5, 0.6) is 0 Å². The second kappa shape index (κ2) is 9.54. The molecule has 1 aliphatic heterocycles. The number of halogens is 2. The van der Waals surface area contributed by atoms with Crippen LogP contribution in [0.25, 0.3) is 0 Å². The van der Waals surface area contributed by atoms with Crippen molar-refractivity contribution >= 4 is 42.1 Å². The fourth-order valence-corrected chi connectivity index (χ4v) is 3.03. The number of para-hydroxylation sites is 1. The van der Waals surface area contributed by atoms with Crippen molar-refractivity contribution in [3.63, 3.8) is 0 Å². The van der Waals surface area contributed by atoms with Gasteiger partial charge in [-0.1, -0.05) is 24.3 Å². The molecule has 1 unspecified atom stereocenters. The first-order chi connectivity index (χ1) is 11.1. The second-order valence-electron chi connectivity index (χ2n) is 6.07. The van der Waals surface area contributed by atoms with Crippen LogP contribution in [0.1, 0.15) is 41.7 Å². The SMILES string of the molecule is CC(NC(=O)c1ccccc1N)c1cccc(N2CCCC2)c1.Cl.Cl. The molecule has 0 bridgehead atoms. The molecule has 25 heavy (non-hydrogen) atoms. The highest BCUT2D eigenvalue weighted by Gasteiger charge is 2.16. The van der Waals surface area contributed by atoms with Gasteiger partial charge in [0.15, 0.2) is 0 Å². The lowest BCUT2D eigenvalue weighted by Gasteiger charge is -2.21. The number of nitrogens with one attached hydrogen (secondary N) is 1. The molecule has 0 aromatic heterocycles. The zero-order chi connectivity index (χ0) is 16.2. The van der Waals surface area contributed by atoms with Crippen molar-refractivity contribution in [2.45, 2.75) is 25.8 Å². The van der Waals surface area contributed by atoms with Crippen molar-refractivity contribution in [3.05, 3.63) is 59.7 Å². The normalized spacial score (nSPS) is 14.2. The van der Waals surface area contributed by atoms with E-state index in [9.17, 15) is 4.79 Å². The second-order valence-corrected chi connectivity index (χ2v) is 6.07. The summed E-state index contributed by atoms with van der Waals surface area (Å²) in [4.78, 5) is 14.8. The van der Waals surface area contributed by atoms with Crippen molar-refractivity contribution in [1.29, 1.82) is 0 Å². The monoisotopic (exact) mass is 381 g/mol. The van der Waals surface area contributed by atoms with Gasteiger partial charge in [-0.15, -0.1) is 24.8 Å². The predicted octanol–water partition coefficient (Wildman–Crippen LogP) is 4.20. The summed E-state index contributed by atoms with van der Waals surface area (Å²) in [5.74, 6) is -0.137. The molecule has 0 radical (unpaired) electrons. The topological polar surface area (TPSA) is 58.4 Å². The number of nitrogen functional groups attached to an aromatic ring is 1. The van der Waals surface area contributed by atoms with Crippen LogP contribution in [0.4, 0.5) is 11.4 Å². The average Bonchev–Trinajstić information content (AvgIpc) is 3.10. The van der Waals surface area contributed by atoms with Gasteiger partial charge in [0.2, 0.25) is 0 Å². The third-order valence-corrected chi connectivity index (χ3v) is 4.39. The van der Waals surface area contributed by atoms with Gasteiger partial charge in [-0.2, -0.15) is 0 Å². The molecule has 136 valence electrons. The number of anilines is 2. The van der Waals surface area contributed by atoms with Gasteiger partial charge in [-0.3, -0.25) is 4.79 Å². The summed E-state index contributed by atoms with van der Waals surface area (Å²) in [5, 5.41) is 3.03. The van der Waals surface area contributed by atoms with Gasteiger partial charge < -0.3 is 16.0 Å². The van der Waals surface area contributed by atoms with Gasteiger partial charge in [0, 0.05) is 24.5 Å². The van der Waals surface area contributed by atoms with E-state index in [0.717, 1.165) is 18.7 Å². The molecule has 1 heterocycles. The molecule has 0 aliphatic carbocycles. The fourth-order valence-electron chi connectivity index (χ4n) is 3.03. The zero-order valence-corrected chi connectivity index (χ0v) is 15.9. The standard InChI is InChI=1S/C19H23N3O.2ClH/c1-14(21-19(23)17-9-2-3-10-18(17)20)15-7-6-8-16(13-15)22-11-4-5-12-22;;/h2-3,6-10,13-14H,4-5,11-12,20H2,1H3,(H,21,23);2*1H. The van der Waals surface area contributed by atoms with Gasteiger partial charge in [-0.05, 0) is 49.6 Å². The van der Waals surface area contributed by atoms with Gasteiger partial charge in [0.05, 0.1) is 11.6 Å². The van der Waals surface area contributed by atoms with Crippen LogP contribution < -0.4 is 16.0 Å². The smallest absolute Gasteiger partial charge is 0.253 e. The maximum atomic E-state index is 12.4. The molecule has 0 saturated carbocycles. The van der Waals surface area contributed by atoms with Crippen LogP contribution >= 0.6 is 24.8 Å². The molecular weight excluding hydrogens is 357 g/mol. The first-order valence-corrected chi connectivity index (χ1v) is 8.15. The van der Waals surface area contributed by atoms with E-state index in [2.05, 4.69) is 34.5 Å². The largest absolute Gasteiger partial charge is 0.398 e. The highest BCUT2D eigenvalue weighted by Crippen LogP contribution is 2.24. The number of amides is 1. The highest BCUT2D eigenvalue weighted by atomic mass is 35.5. The van der Waals surface area contributed by atoms with E-state index < -0.39 is 0 Å². The van der Waals surface area contributed by atoms with Crippen LogP contribution in [-0.2, 0) is 0 Å². The number of hydrogen-bond acceptors (Lipinski definition) is 3. The van der Waals surface area contributed by atoms with Crippen LogP contribution in [0, 0.1) is 0 Å². The Balaban J connectivity index is 0.00000156. The predicted molar refractivity (Wildman–Crippen MR) is 109 cm³/mol. The number of nitrogens with zero attached hydrogens (tertiary/aromatic N) is 1. The highest BCUT2D eigenvalue weighted by molar-refractivity contribution is 5.99. The minimum atomic E-state index is -0.137. The van der Waals surface area contributed by atoms with Crippen LogP contribution in [0.2, 0.25) is 0 Å². The van der Waals surface area contributed by atoms with Crippen LogP contribution in [-0.4, -0.2) is 19.0 Å². The molecule has 3 rings (SSSR count). The number of nitrogens with two attached hydrogens (primary N) is 1. The van der Waals surface area contributed by atoms with E-state index in [0.29, 0.717) is 11.3 Å². The molecule has 1 fully saturated rings. The molecule has 0 spiro atoms. The van der Waals surface area contributed by atoms with Crippen LogP contribution in [0.3, 0.4) is 0 Å². The summed E-state index contributed by atoms with van der Waals surface area (Å²) in [6.45, 7) is 4.23. The summed E-state index contributed by atoms with van der Waals surface area (Å²) in [6.07, 6.45) is 2.51. The van der Waals surface area contributed by atoms with Crippen molar-refractivity contribution < 1.29 is 4.79 Å². The zero-order valence-electron chi connectivity index (χ0n) is 14.3. The van der Waals surface area contributed by atoms with E-state index in [-0.39, 0.29) is 36.8 Å². The Kier molecular flexibility index (Phi) is 8.07. The minimum Gasteiger partial charge on any atom is -0.398 e. The molecule has 2 aromatic rings. The van der Waals surface area contributed by atoms with Gasteiger partial charge in [-0.25, -0.2) is 0 Å². The number of benzene rings is 2. The quantitative estimate of drug-likeness (QED) is 0.779. The fraction of sp³-hybridized carbons (Fsp3) is 0.316. The van der Waals surface area contributed by atoms with Gasteiger partial charge in [0.1, 0.15) is 0 Å². The summed E-state index contributed by atoms with van der Waals surface area (Å²) < 4.78 is 0. The van der Waals surface area contributed by atoms with E-state index in [4.69, 9.17) is 5.73 Å². The molecule has 1 atom stereocenters. The Bertz CT molecular complexity index is 703. The number of carbonyl (C=O) groups excluding carboxylic acids is 1. The maximum Gasteiger partial charge on any atom is 0.253 e. The molecule has 4 nitrogen and oxygen atoms in total. The van der Waals surface area contributed by atoms with Crippen molar-refractivity contribution in [2.75, 3.05) is 23.7 Å². The Hall–Kier alpha value is -1.91. The summed E-state index contributed by atoms with van der Waals surface area (Å²) in [6, 6.07) is 15.5. The Morgan fingerprint density at radius 1 is 1.08 bits per heavy atom. The third-order valence-electron chi connectivity index (χ3n) is 4.39. The van der Waals surface area contributed by atoms with E-state index in [1.807, 2.05) is 19.1 Å². The molecular formula is C19H25Cl2N3O.